The standard InChI is InChI=1S/C19H26N4O3/c1-11-15(12(2)26-23-11)9-25-18-7-8-24-10-17(18)22-19-14-5-4-6-16(14)20-13(3)21-19/h17-18H,4-10H2,1-3H3,(H,20,21,22)/t17-,18+/m1/s1. The normalized spacial score (nSPS) is 22.4. The van der Waals surface area contributed by atoms with Gasteiger partial charge in [-0.05, 0) is 46.5 Å². The maximum atomic E-state index is 6.24. The predicted octanol–water partition coefficient (Wildman–Crippen LogP) is 2.66. The van der Waals surface area contributed by atoms with Crippen LogP contribution in [0.25, 0.3) is 0 Å². The second-order valence-corrected chi connectivity index (χ2v) is 7.16. The third kappa shape index (κ3) is 3.46. The van der Waals surface area contributed by atoms with Crippen molar-refractivity contribution < 1.29 is 14.0 Å². The molecule has 1 saturated heterocycles. The average Bonchev–Trinajstić information content (AvgIpc) is 3.21. The van der Waals surface area contributed by atoms with Gasteiger partial charge in [0.2, 0.25) is 0 Å². The van der Waals surface area contributed by atoms with Crippen LogP contribution in [0.5, 0.6) is 0 Å². The van der Waals surface area contributed by atoms with Crippen LogP contribution in [-0.4, -0.2) is 40.5 Å². The molecule has 1 fully saturated rings. The number of rotatable bonds is 5. The second-order valence-electron chi connectivity index (χ2n) is 7.16. The Kier molecular flexibility index (Phi) is 4.91. The first-order valence-corrected chi connectivity index (χ1v) is 9.36. The van der Waals surface area contributed by atoms with E-state index in [4.69, 9.17) is 14.0 Å². The molecule has 1 aliphatic carbocycles. The molecule has 0 spiro atoms. The molecule has 4 rings (SSSR count). The van der Waals surface area contributed by atoms with E-state index in [1.54, 1.807) is 0 Å². The maximum absolute atomic E-state index is 6.24. The Balaban J connectivity index is 1.48. The molecule has 1 aliphatic heterocycles. The Morgan fingerprint density at radius 2 is 2.08 bits per heavy atom. The van der Waals surface area contributed by atoms with Crippen molar-refractivity contribution in [1.29, 1.82) is 0 Å². The molecule has 3 heterocycles. The minimum atomic E-state index is 0.0600. The fraction of sp³-hybridized carbons (Fsp3) is 0.632. The van der Waals surface area contributed by atoms with Gasteiger partial charge in [-0.1, -0.05) is 5.16 Å². The summed E-state index contributed by atoms with van der Waals surface area (Å²) in [5.41, 5.74) is 4.37. The van der Waals surface area contributed by atoms with Crippen molar-refractivity contribution in [2.24, 2.45) is 0 Å². The molecule has 2 aromatic heterocycles. The predicted molar refractivity (Wildman–Crippen MR) is 96.2 cm³/mol. The minimum Gasteiger partial charge on any atom is -0.379 e. The van der Waals surface area contributed by atoms with Crippen molar-refractivity contribution in [3.8, 4) is 0 Å². The Morgan fingerprint density at radius 3 is 2.88 bits per heavy atom. The summed E-state index contributed by atoms with van der Waals surface area (Å²) in [4.78, 5) is 9.24. The number of aryl methyl sites for hydroxylation is 4. The number of hydrogen-bond acceptors (Lipinski definition) is 7. The summed E-state index contributed by atoms with van der Waals surface area (Å²) >= 11 is 0. The first-order valence-electron chi connectivity index (χ1n) is 9.36. The molecule has 0 amide bonds. The average molecular weight is 358 g/mol. The van der Waals surface area contributed by atoms with Crippen LogP contribution in [0.15, 0.2) is 4.52 Å². The molecule has 2 aliphatic rings. The molecule has 1 N–H and O–H groups in total. The lowest BCUT2D eigenvalue weighted by molar-refractivity contribution is -0.0482. The molecular formula is C19H26N4O3. The summed E-state index contributed by atoms with van der Waals surface area (Å²) in [7, 11) is 0. The van der Waals surface area contributed by atoms with Crippen molar-refractivity contribution in [3.63, 3.8) is 0 Å². The van der Waals surface area contributed by atoms with E-state index in [1.165, 1.54) is 11.3 Å². The van der Waals surface area contributed by atoms with Gasteiger partial charge in [0.15, 0.2) is 0 Å². The van der Waals surface area contributed by atoms with Gasteiger partial charge in [0.05, 0.1) is 31.1 Å². The lowest BCUT2D eigenvalue weighted by Crippen LogP contribution is -2.44. The van der Waals surface area contributed by atoms with Crippen LogP contribution in [0.4, 0.5) is 5.82 Å². The zero-order chi connectivity index (χ0) is 18.1. The van der Waals surface area contributed by atoms with Crippen LogP contribution in [0.3, 0.4) is 0 Å². The number of nitrogens with one attached hydrogen (secondary N) is 1. The fourth-order valence-corrected chi connectivity index (χ4v) is 3.80. The number of anilines is 1. The quantitative estimate of drug-likeness (QED) is 0.880. The van der Waals surface area contributed by atoms with Crippen LogP contribution in [0.1, 0.15) is 46.9 Å². The monoisotopic (exact) mass is 358 g/mol. The molecule has 2 aromatic rings. The van der Waals surface area contributed by atoms with E-state index in [0.717, 1.165) is 54.3 Å². The zero-order valence-electron chi connectivity index (χ0n) is 15.7. The number of nitrogens with zero attached hydrogens (tertiary/aromatic N) is 3. The van der Waals surface area contributed by atoms with Crippen molar-refractivity contribution in [1.82, 2.24) is 15.1 Å². The Hall–Kier alpha value is -1.99. The molecular weight excluding hydrogens is 332 g/mol. The summed E-state index contributed by atoms with van der Waals surface area (Å²) in [6.45, 7) is 7.65. The lowest BCUT2D eigenvalue weighted by Gasteiger charge is -2.33. The molecule has 0 unspecified atom stereocenters. The van der Waals surface area contributed by atoms with Gasteiger partial charge < -0.3 is 19.3 Å². The Morgan fingerprint density at radius 1 is 1.19 bits per heavy atom. The highest BCUT2D eigenvalue weighted by Gasteiger charge is 2.29. The largest absolute Gasteiger partial charge is 0.379 e. The van der Waals surface area contributed by atoms with E-state index in [9.17, 15) is 0 Å². The van der Waals surface area contributed by atoms with Crippen LogP contribution < -0.4 is 5.32 Å². The summed E-state index contributed by atoms with van der Waals surface area (Å²) in [5.74, 6) is 2.59. The van der Waals surface area contributed by atoms with Crippen LogP contribution in [0, 0.1) is 20.8 Å². The van der Waals surface area contributed by atoms with Gasteiger partial charge >= 0.3 is 0 Å². The lowest BCUT2D eigenvalue weighted by atomic mass is 10.1. The van der Waals surface area contributed by atoms with Crippen molar-refractivity contribution in [2.75, 3.05) is 18.5 Å². The molecule has 26 heavy (non-hydrogen) atoms. The molecule has 0 bridgehead atoms. The summed E-state index contributed by atoms with van der Waals surface area (Å²) in [6, 6.07) is 0.0724. The van der Waals surface area contributed by atoms with Crippen LogP contribution >= 0.6 is 0 Å². The summed E-state index contributed by atoms with van der Waals surface area (Å²) in [6.07, 6.45) is 4.14. The smallest absolute Gasteiger partial charge is 0.139 e. The fourth-order valence-electron chi connectivity index (χ4n) is 3.80. The van der Waals surface area contributed by atoms with Crippen LogP contribution in [0.2, 0.25) is 0 Å². The molecule has 2 atom stereocenters. The van der Waals surface area contributed by atoms with Crippen molar-refractivity contribution >= 4 is 5.82 Å². The van der Waals surface area contributed by atoms with E-state index in [-0.39, 0.29) is 12.1 Å². The first kappa shape index (κ1) is 17.4. The Labute approximate surface area is 153 Å². The van der Waals surface area contributed by atoms with Crippen LogP contribution in [-0.2, 0) is 28.9 Å². The minimum absolute atomic E-state index is 0.0600. The van der Waals surface area contributed by atoms with E-state index in [2.05, 4.69) is 20.4 Å². The SMILES string of the molecule is Cc1nc2c(c(N[C@@H]3COCC[C@@H]3OCc3c(C)noc3C)n1)CCC2. The molecule has 7 heteroatoms. The highest BCUT2D eigenvalue weighted by molar-refractivity contribution is 5.49. The number of fused-ring (bicyclic) bond motifs is 1. The topological polar surface area (TPSA) is 82.3 Å². The second kappa shape index (κ2) is 7.32. The van der Waals surface area contributed by atoms with Gasteiger partial charge in [0.1, 0.15) is 17.4 Å². The third-order valence-electron chi connectivity index (χ3n) is 5.28. The molecule has 0 saturated carbocycles. The zero-order valence-corrected chi connectivity index (χ0v) is 15.7. The van der Waals surface area contributed by atoms with E-state index >= 15 is 0 Å². The van der Waals surface area contributed by atoms with Crippen molar-refractivity contribution in [3.05, 3.63) is 34.1 Å². The highest BCUT2D eigenvalue weighted by Crippen LogP contribution is 2.28. The van der Waals surface area contributed by atoms with Gasteiger partial charge in [0.25, 0.3) is 0 Å². The van der Waals surface area contributed by atoms with Gasteiger partial charge in [0, 0.05) is 23.4 Å². The van der Waals surface area contributed by atoms with Gasteiger partial charge in [-0.2, -0.15) is 0 Å². The third-order valence-corrected chi connectivity index (χ3v) is 5.28. The van der Waals surface area contributed by atoms with E-state index < -0.39 is 0 Å². The van der Waals surface area contributed by atoms with Gasteiger partial charge in [-0.25, -0.2) is 9.97 Å². The summed E-state index contributed by atoms with van der Waals surface area (Å²) < 4.78 is 17.2. The molecule has 0 aromatic carbocycles. The maximum Gasteiger partial charge on any atom is 0.139 e. The van der Waals surface area contributed by atoms with E-state index in [1.807, 2.05) is 20.8 Å². The van der Waals surface area contributed by atoms with Crippen molar-refractivity contribution in [2.45, 2.75) is 65.2 Å². The first-order chi connectivity index (χ1) is 12.6. The van der Waals surface area contributed by atoms with Gasteiger partial charge in [-0.3, -0.25) is 0 Å². The molecule has 7 nitrogen and oxygen atoms in total. The highest BCUT2D eigenvalue weighted by atomic mass is 16.5. The van der Waals surface area contributed by atoms with E-state index in [0.29, 0.717) is 19.8 Å². The number of ether oxygens (including phenoxy) is 2. The number of hydrogen-bond donors (Lipinski definition) is 1. The Bertz CT molecular complexity index is 770. The van der Waals surface area contributed by atoms with Gasteiger partial charge in [-0.15, -0.1) is 0 Å². The molecule has 140 valence electrons. The summed E-state index contributed by atoms with van der Waals surface area (Å²) in [5, 5.41) is 7.59. The molecule has 0 radical (unpaired) electrons. The number of aromatic nitrogens is 3.